The van der Waals surface area contributed by atoms with Crippen LogP contribution in [0.25, 0.3) is 11.1 Å². The molecule has 0 amide bonds. The van der Waals surface area contributed by atoms with E-state index in [2.05, 4.69) is 16.4 Å². The van der Waals surface area contributed by atoms with Crippen molar-refractivity contribution < 1.29 is 6.16 Å². The molecule has 0 saturated heterocycles. The summed E-state index contributed by atoms with van der Waals surface area (Å²) in [6, 6.07) is 7.88. The number of pyridine rings is 1. The van der Waals surface area contributed by atoms with Gasteiger partial charge in [-0.25, -0.2) is 0 Å². The molecule has 1 aromatic heterocycles. The van der Waals surface area contributed by atoms with Gasteiger partial charge in [0.15, 0.2) is 0 Å². The Labute approximate surface area is 120 Å². The zero-order chi connectivity index (χ0) is 14.7. The van der Waals surface area contributed by atoms with E-state index in [9.17, 15) is 4.79 Å². The van der Waals surface area contributed by atoms with Crippen LogP contribution in [-0.2, 0) is 0 Å². The third-order valence-electron chi connectivity index (χ3n) is 2.98. The summed E-state index contributed by atoms with van der Waals surface area (Å²) in [6.45, 7) is 6.03. The van der Waals surface area contributed by atoms with Gasteiger partial charge < -0.3 is 15.0 Å². The van der Waals surface area contributed by atoms with E-state index in [4.69, 9.17) is 4.74 Å². The average Bonchev–Trinajstić information content (AvgIpc) is 2.41. The Bertz CT molecular complexity index is 666. The van der Waals surface area contributed by atoms with Gasteiger partial charge in [0.2, 0.25) is 0 Å². The summed E-state index contributed by atoms with van der Waals surface area (Å²) in [5.74, 6) is 0.819. The predicted octanol–water partition coefficient (Wildman–Crippen LogP) is 3.43. The molecule has 0 fully saturated rings. The van der Waals surface area contributed by atoms with Crippen molar-refractivity contribution in [2.45, 2.75) is 26.9 Å². The molecular weight excluding hydrogens is 252 g/mol. The normalized spacial score (nSPS) is 10.7. The fraction of sp³-hybridized carbons (Fsp3) is 0.312. The number of hydrogen-bond donors (Lipinski definition) is 2. The van der Waals surface area contributed by atoms with Crippen LogP contribution in [0.2, 0.25) is 0 Å². The van der Waals surface area contributed by atoms with E-state index in [1.165, 1.54) is 0 Å². The minimum absolute atomic E-state index is 0. The van der Waals surface area contributed by atoms with Crippen molar-refractivity contribution in [3.63, 3.8) is 0 Å². The molecule has 0 atom stereocenters. The lowest BCUT2D eigenvalue weighted by atomic mass is 10.0. The summed E-state index contributed by atoms with van der Waals surface area (Å²) in [6.07, 6.45) is 1.81. The maximum absolute atomic E-state index is 11.6. The van der Waals surface area contributed by atoms with E-state index in [0.29, 0.717) is 5.69 Å². The van der Waals surface area contributed by atoms with Crippen molar-refractivity contribution in [1.82, 2.24) is 4.98 Å². The molecule has 108 valence electrons. The third kappa shape index (κ3) is 3.02. The molecule has 2 aromatic rings. The first-order valence-electron chi connectivity index (χ1n) is 6.69. The minimum Gasteiger partial charge on any atom is -0.490 e. The Kier molecular flexibility index (Phi) is 4.13. The maximum Gasteiger partial charge on any atom is 0.271 e. The lowest BCUT2D eigenvalue weighted by molar-refractivity contribution is 0.243. The number of aryl methyl sites for hydroxylation is 1. The van der Waals surface area contributed by atoms with Crippen LogP contribution < -0.4 is 15.6 Å². The topological polar surface area (TPSA) is 54.1 Å². The molecule has 0 aliphatic rings. The van der Waals surface area contributed by atoms with E-state index in [1.807, 2.05) is 39.0 Å². The molecule has 0 saturated carbocycles. The number of ether oxygens (including phenoxy) is 1. The van der Waals surface area contributed by atoms with Crippen molar-refractivity contribution >= 4 is 5.69 Å². The predicted molar refractivity (Wildman–Crippen MR) is 84.7 cm³/mol. The first-order chi connectivity index (χ1) is 9.51. The minimum atomic E-state index is -0.129. The second kappa shape index (κ2) is 5.82. The van der Waals surface area contributed by atoms with E-state index in [-0.39, 0.29) is 13.1 Å². The maximum atomic E-state index is 11.6. The van der Waals surface area contributed by atoms with Crippen LogP contribution >= 0.6 is 0 Å². The van der Waals surface area contributed by atoms with Crippen molar-refractivity contribution in [3.8, 4) is 16.9 Å². The lowest BCUT2D eigenvalue weighted by Gasteiger charge is -2.15. The fourth-order valence-corrected chi connectivity index (χ4v) is 2.05. The largest absolute Gasteiger partial charge is 0.490 e. The average molecular weight is 274 g/mol. The monoisotopic (exact) mass is 274 g/mol. The summed E-state index contributed by atoms with van der Waals surface area (Å²) in [7, 11) is 1.73. The quantitative estimate of drug-likeness (QED) is 0.898. The van der Waals surface area contributed by atoms with Gasteiger partial charge in [-0.05, 0) is 39.0 Å². The number of benzene rings is 1. The van der Waals surface area contributed by atoms with Gasteiger partial charge in [0.25, 0.3) is 5.56 Å². The summed E-state index contributed by atoms with van der Waals surface area (Å²) in [4.78, 5) is 14.4. The van der Waals surface area contributed by atoms with Crippen LogP contribution in [-0.4, -0.2) is 18.1 Å². The number of anilines is 1. The zero-order valence-corrected chi connectivity index (χ0v) is 12.3. The molecule has 20 heavy (non-hydrogen) atoms. The van der Waals surface area contributed by atoms with Crippen LogP contribution in [0.4, 0.5) is 5.69 Å². The van der Waals surface area contributed by atoms with Gasteiger partial charge in [-0.3, -0.25) is 4.79 Å². The molecule has 0 aliphatic heterocycles. The highest BCUT2D eigenvalue weighted by Gasteiger charge is 2.10. The van der Waals surface area contributed by atoms with Gasteiger partial charge in [0.05, 0.1) is 6.10 Å². The van der Waals surface area contributed by atoms with Gasteiger partial charge in [0, 0.05) is 25.8 Å². The highest BCUT2D eigenvalue weighted by molar-refractivity contribution is 5.73. The number of hydrogen-bond acceptors (Lipinski definition) is 3. The number of nitrogens with one attached hydrogen (secondary N) is 2. The summed E-state index contributed by atoms with van der Waals surface area (Å²) in [5, 5.41) is 2.90. The standard InChI is InChI=1S/C16H20N2O2.H2/c1-10(2)20-15-6-5-11(3)7-13(15)12-8-14(17-4)16(19)18-9-12;/h5-10,17H,1-4H3,(H,18,19);1H. The number of H-pyrrole nitrogens is 1. The molecule has 4 heteroatoms. The third-order valence-corrected chi connectivity index (χ3v) is 2.98. The fourth-order valence-electron chi connectivity index (χ4n) is 2.05. The molecular formula is C16H22N2O2. The summed E-state index contributed by atoms with van der Waals surface area (Å²) in [5.41, 5.74) is 3.46. The Morgan fingerprint density at radius 1 is 1.30 bits per heavy atom. The van der Waals surface area contributed by atoms with E-state index in [0.717, 1.165) is 22.4 Å². The first kappa shape index (κ1) is 14.2. The second-order valence-corrected chi connectivity index (χ2v) is 5.05. The highest BCUT2D eigenvalue weighted by atomic mass is 16.5. The molecule has 0 spiro atoms. The van der Waals surface area contributed by atoms with E-state index >= 15 is 0 Å². The summed E-state index contributed by atoms with van der Waals surface area (Å²) >= 11 is 0. The number of aromatic amines is 1. The smallest absolute Gasteiger partial charge is 0.271 e. The molecule has 0 unspecified atom stereocenters. The molecule has 2 N–H and O–H groups in total. The van der Waals surface area contributed by atoms with Crippen LogP contribution in [0.1, 0.15) is 20.8 Å². The highest BCUT2D eigenvalue weighted by Crippen LogP contribution is 2.31. The van der Waals surface area contributed by atoms with Crippen molar-refractivity contribution in [1.29, 1.82) is 0 Å². The molecule has 4 nitrogen and oxygen atoms in total. The SMILES string of the molecule is CNc1cc(-c2cc(C)ccc2OC(C)C)c[nH]c1=O.[HH]. The van der Waals surface area contributed by atoms with Gasteiger partial charge in [-0.15, -0.1) is 0 Å². The molecule has 2 rings (SSSR count). The zero-order valence-electron chi connectivity index (χ0n) is 12.3. The number of aromatic nitrogens is 1. The van der Waals surface area contributed by atoms with Gasteiger partial charge in [-0.2, -0.15) is 0 Å². The van der Waals surface area contributed by atoms with Gasteiger partial charge >= 0.3 is 0 Å². The van der Waals surface area contributed by atoms with Crippen LogP contribution in [0, 0.1) is 6.92 Å². The van der Waals surface area contributed by atoms with Crippen molar-refractivity contribution in [3.05, 3.63) is 46.4 Å². The molecule has 1 heterocycles. The molecule has 0 aliphatic carbocycles. The van der Waals surface area contributed by atoms with Gasteiger partial charge in [-0.1, -0.05) is 11.6 Å². The van der Waals surface area contributed by atoms with Crippen LogP contribution in [0.5, 0.6) is 5.75 Å². The molecule has 0 radical (unpaired) electrons. The Balaban J connectivity index is 0.00000220. The summed E-state index contributed by atoms with van der Waals surface area (Å²) < 4.78 is 5.85. The number of rotatable bonds is 4. The Morgan fingerprint density at radius 3 is 2.70 bits per heavy atom. The van der Waals surface area contributed by atoms with Crippen LogP contribution in [0.3, 0.4) is 0 Å². The lowest BCUT2D eigenvalue weighted by Crippen LogP contribution is -2.11. The molecule has 1 aromatic carbocycles. The van der Waals surface area contributed by atoms with Crippen molar-refractivity contribution in [2.75, 3.05) is 12.4 Å². The van der Waals surface area contributed by atoms with Gasteiger partial charge in [0.1, 0.15) is 11.4 Å². The second-order valence-electron chi connectivity index (χ2n) is 5.05. The van der Waals surface area contributed by atoms with Crippen molar-refractivity contribution in [2.24, 2.45) is 0 Å². The Morgan fingerprint density at radius 2 is 2.05 bits per heavy atom. The van der Waals surface area contributed by atoms with E-state index in [1.54, 1.807) is 13.2 Å². The Hall–Kier alpha value is -2.23. The van der Waals surface area contributed by atoms with E-state index < -0.39 is 0 Å². The first-order valence-corrected chi connectivity index (χ1v) is 6.69. The van der Waals surface area contributed by atoms with Crippen LogP contribution in [0.15, 0.2) is 35.3 Å². The molecule has 0 bridgehead atoms.